The van der Waals surface area contributed by atoms with Crippen molar-refractivity contribution < 1.29 is 19.5 Å². The number of hydrogen-bond acceptors (Lipinski definition) is 4. The fourth-order valence-electron chi connectivity index (χ4n) is 2.08. The van der Waals surface area contributed by atoms with Crippen LogP contribution in [0.15, 0.2) is 30.3 Å². The summed E-state index contributed by atoms with van der Waals surface area (Å²) in [6.45, 7) is 1.92. The van der Waals surface area contributed by atoms with Crippen molar-refractivity contribution in [3.63, 3.8) is 0 Å². The van der Waals surface area contributed by atoms with Crippen LogP contribution in [0.1, 0.15) is 23.2 Å². The lowest BCUT2D eigenvalue weighted by Gasteiger charge is -2.25. The number of likely N-dealkylation sites (tertiary alicyclic amines) is 1. The third-order valence-electron chi connectivity index (χ3n) is 3.45. The Labute approximate surface area is 130 Å². The second-order valence-electron chi connectivity index (χ2n) is 5.16. The normalized spacial score (nSPS) is 15.3. The van der Waals surface area contributed by atoms with Crippen LogP contribution in [0, 0.1) is 5.92 Å². The Morgan fingerprint density at radius 2 is 1.86 bits per heavy atom. The van der Waals surface area contributed by atoms with Crippen molar-refractivity contribution in [1.82, 2.24) is 10.2 Å². The van der Waals surface area contributed by atoms with Gasteiger partial charge in [-0.3, -0.25) is 9.59 Å². The van der Waals surface area contributed by atoms with Gasteiger partial charge >= 0.3 is 5.97 Å². The number of amides is 1. The van der Waals surface area contributed by atoms with Gasteiger partial charge in [0.1, 0.15) is 6.29 Å². The smallest absolute Gasteiger partial charge is 0.306 e. The average Bonchev–Trinajstić information content (AvgIpc) is 2.54. The number of nitrogens with zero attached hydrogens (tertiary/aromatic N) is 1. The lowest BCUT2D eigenvalue weighted by molar-refractivity contribution is -0.143. The highest BCUT2D eigenvalue weighted by Gasteiger charge is 2.21. The van der Waals surface area contributed by atoms with Crippen molar-refractivity contribution in [2.45, 2.75) is 12.8 Å². The van der Waals surface area contributed by atoms with E-state index in [0.29, 0.717) is 11.8 Å². The highest BCUT2D eigenvalue weighted by Crippen LogP contribution is 2.15. The molecule has 22 heavy (non-hydrogen) atoms. The molecule has 1 saturated heterocycles. The van der Waals surface area contributed by atoms with Crippen LogP contribution in [0.25, 0.3) is 0 Å². The summed E-state index contributed by atoms with van der Waals surface area (Å²) in [7, 11) is 2.03. The lowest BCUT2D eigenvalue weighted by Crippen LogP contribution is -2.33. The van der Waals surface area contributed by atoms with Gasteiger partial charge in [-0.1, -0.05) is 18.2 Å². The maximum Gasteiger partial charge on any atom is 0.306 e. The molecule has 0 aliphatic carbocycles. The van der Waals surface area contributed by atoms with Crippen LogP contribution in [0.5, 0.6) is 0 Å². The Bertz CT molecular complexity index is 482. The molecule has 120 valence electrons. The second kappa shape index (κ2) is 9.68. The van der Waals surface area contributed by atoms with Crippen LogP contribution < -0.4 is 5.32 Å². The third-order valence-corrected chi connectivity index (χ3v) is 3.45. The number of hydrogen-bond donors (Lipinski definition) is 2. The Balaban J connectivity index is 0.000000224. The number of benzene rings is 1. The van der Waals surface area contributed by atoms with E-state index >= 15 is 0 Å². The van der Waals surface area contributed by atoms with Gasteiger partial charge in [0, 0.05) is 5.56 Å². The first-order valence-corrected chi connectivity index (χ1v) is 7.22. The zero-order chi connectivity index (χ0) is 16.4. The molecule has 0 spiro atoms. The summed E-state index contributed by atoms with van der Waals surface area (Å²) in [4.78, 5) is 33.7. The quantitative estimate of drug-likeness (QED) is 0.811. The summed E-state index contributed by atoms with van der Waals surface area (Å²) >= 11 is 0. The van der Waals surface area contributed by atoms with Gasteiger partial charge in [-0.15, -0.1) is 0 Å². The van der Waals surface area contributed by atoms with Crippen LogP contribution in [0.3, 0.4) is 0 Å². The van der Waals surface area contributed by atoms with Crippen LogP contribution in [0.4, 0.5) is 0 Å². The molecule has 2 N–H and O–H groups in total. The first kappa shape index (κ1) is 17.8. The molecule has 0 radical (unpaired) electrons. The molecule has 1 aliphatic rings. The van der Waals surface area contributed by atoms with Gasteiger partial charge in [0.15, 0.2) is 0 Å². The molecule has 1 aliphatic heterocycles. The van der Waals surface area contributed by atoms with Crippen molar-refractivity contribution in [1.29, 1.82) is 0 Å². The third kappa shape index (κ3) is 6.49. The number of carboxylic acid groups (broad SMARTS) is 1. The fourth-order valence-corrected chi connectivity index (χ4v) is 2.08. The number of aliphatic carboxylic acids is 1. The minimum Gasteiger partial charge on any atom is -0.481 e. The number of aldehydes is 1. The van der Waals surface area contributed by atoms with E-state index in [0.717, 1.165) is 25.9 Å². The first-order valence-electron chi connectivity index (χ1n) is 7.22. The van der Waals surface area contributed by atoms with E-state index in [1.54, 1.807) is 24.3 Å². The number of rotatable bonds is 4. The topological polar surface area (TPSA) is 86.7 Å². The second-order valence-corrected chi connectivity index (χ2v) is 5.16. The summed E-state index contributed by atoms with van der Waals surface area (Å²) < 4.78 is 0. The van der Waals surface area contributed by atoms with Gasteiger partial charge in [-0.25, -0.2) is 0 Å². The lowest BCUT2D eigenvalue weighted by atomic mass is 9.98. The largest absolute Gasteiger partial charge is 0.481 e. The van der Waals surface area contributed by atoms with Crippen molar-refractivity contribution in [3.05, 3.63) is 35.9 Å². The average molecular weight is 306 g/mol. The molecule has 6 nitrogen and oxygen atoms in total. The zero-order valence-electron chi connectivity index (χ0n) is 12.7. The minimum atomic E-state index is -0.631. The number of carbonyl (C=O) groups is 3. The molecular formula is C16H22N2O4. The van der Waals surface area contributed by atoms with Crippen molar-refractivity contribution in [2.24, 2.45) is 5.92 Å². The van der Waals surface area contributed by atoms with Crippen LogP contribution in [-0.4, -0.2) is 54.9 Å². The molecule has 2 rings (SSSR count). The van der Waals surface area contributed by atoms with E-state index in [4.69, 9.17) is 5.11 Å². The maximum atomic E-state index is 11.1. The summed E-state index contributed by atoms with van der Waals surface area (Å²) in [6, 6.07) is 8.77. The Morgan fingerprint density at radius 1 is 1.27 bits per heavy atom. The Kier molecular flexibility index (Phi) is 7.85. The molecule has 6 heteroatoms. The molecule has 1 aromatic carbocycles. The van der Waals surface area contributed by atoms with Crippen LogP contribution in [-0.2, 0) is 9.59 Å². The molecule has 0 bridgehead atoms. The van der Waals surface area contributed by atoms with E-state index in [1.165, 1.54) is 0 Å². The Hall–Kier alpha value is -2.21. The van der Waals surface area contributed by atoms with Gasteiger partial charge in [-0.2, -0.15) is 0 Å². The molecule has 0 atom stereocenters. The summed E-state index contributed by atoms with van der Waals surface area (Å²) in [5.74, 6) is -0.938. The highest BCUT2D eigenvalue weighted by atomic mass is 16.4. The van der Waals surface area contributed by atoms with E-state index in [1.807, 2.05) is 13.1 Å². The van der Waals surface area contributed by atoms with E-state index in [9.17, 15) is 14.4 Å². The van der Waals surface area contributed by atoms with Gasteiger partial charge < -0.3 is 20.1 Å². The molecule has 1 fully saturated rings. The van der Waals surface area contributed by atoms with Crippen LogP contribution in [0.2, 0.25) is 0 Å². The van der Waals surface area contributed by atoms with Gasteiger partial charge in [0.05, 0.1) is 12.5 Å². The van der Waals surface area contributed by atoms with Crippen molar-refractivity contribution >= 4 is 18.2 Å². The SMILES string of the molecule is CN1CCC(C(=O)O)CC1.O=CCNC(=O)c1ccccc1. The predicted octanol–water partition coefficient (Wildman–Crippen LogP) is 1.03. The number of carboxylic acids is 1. The number of nitrogens with one attached hydrogen (secondary N) is 1. The fraction of sp³-hybridized carbons (Fsp3) is 0.438. The minimum absolute atomic E-state index is 0.0632. The first-order chi connectivity index (χ1) is 10.5. The van der Waals surface area contributed by atoms with Gasteiger partial charge in [0.2, 0.25) is 0 Å². The summed E-state index contributed by atoms with van der Waals surface area (Å²) in [5, 5.41) is 11.0. The Morgan fingerprint density at radius 3 is 2.36 bits per heavy atom. The van der Waals surface area contributed by atoms with Gasteiger partial charge in [-0.05, 0) is 45.1 Å². The number of piperidine rings is 1. The molecule has 1 heterocycles. The molecule has 1 aromatic rings. The zero-order valence-corrected chi connectivity index (χ0v) is 12.7. The van der Waals surface area contributed by atoms with Crippen LogP contribution >= 0.6 is 0 Å². The highest BCUT2D eigenvalue weighted by molar-refractivity contribution is 5.94. The van der Waals surface area contributed by atoms with Crippen molar-refractivity contribution in [3.8, 4) is 0 Å². The molecule has 1 amide bonds. The predicted molar refractivity (Wildman–Crippen MR) is 82.7 cm³/mol. The van der Waals surface area contributed by atoms with E-state index < -0.39 is 5.97 Å². The van der Waals surface area contributed by atoms with Crippen molar-refractivity contribution in [2.75, 3.05) is 26.7 Å². The molecule has 0 saturated carbocycles. The molecule has 0 unspecified atom stereocenters. The summed E-state index contributed by atoms with van der Waals surface area (Å²) in [5.41, 5.74) is 0.569. The standard InChI is InChI=1S/C9H9NO2.C7H13NO2/c11-7-6-10-9(12)8-4-2-1-3-5-8;1-8-4-2-6(3-5-8)7(9)10/h1-5,7H,6H2,(H,10,12);6H,2-5H2,1H3,(H,9,10). The van der Waals surface area contributed by atoms with Gasteiger partial charge in [0.25, 0.3) is 5.91 Å². The number of carbonyl (C=O) groups excluding carboxylic acids is 2. The monoisotopic (exact) mass is 306 g/mol. The summed E-state index contributed by atoms with van der Waals surface area (Å²) in [6.07, 6.45) is 2.28. The van der Waals surface area contributed by atoms with E-state index in [2.05, 4.69) is 10.2 Å². The maximum absolute atomic E-state index is 11.1. The molecule has 0 aromatic heterocycles. The molecular weight excluding hydrogens is 284 g/mol. The van der Waals surface area contributed by atoms with E-state index in [-0.39, 0.29) is 18.4 Å².